The van der Waals surface area contributed by atoms with E-state index in [0.29, 0.717) is 15.8 Å². The van der Waals surface area contributed by atoms with Crippen molar-refractivity contribution in [1.82, 2.24) is 3.36 Å². The van der Waals surface area contributed by atoms with Gasteiger partial charge in [-0.05, 0) is 35.8 Å². The van der Waals surface area contributed by atoms with Crippen LogP contribution in [-0.4, -0.2) is 16.4 Å². The van der Waals surface area contributed by atoms with E-state index in [1.54, 1.807) is 27.6 Å². The third kappa shape index (κ3) is 2.59. The van der Waals surface area contributed by atoms with Gasteiger partial charge in [0.05, 0.1) is 22.8 Å². The molecular formula is C15H11NO3S2. The van der Waals surface area contributed by atoms with E-state index in [9.17, 15) is 9.59 Å². The van der Waals surface area contributed by atoms with Crippen LogP contribution in [-0.2, 0) is 4.74 Å². The molecule has 3 aromatic rings. The highest BCUT2D eigenvalue weighted by Crippen LogP contribution is 2.28. The normalized spacial score (nSPS) is 10.7. The van der Waals surface area contributed by atoms with Gasteiger partial charge in [-0.15, -0.1) is 0 Å². The Morgan fingerprint density at radius 3 is 2.62 bits per heavy atom. The highest BCUT2D eigenvalue weighted by atomic mass is 32.2. The van der Waals surface area contributed by atoms with E-state index in [4.69, 9.17) is 4.74 Å². The van der Waals surface area contributed by atoms with Crippen molar-refractivity contribution in [2.24, 2.45) is 0 Å². The summed E-state index contributed by atoms with van der Waals surface area (Å²) in [4.78, 5) is 24.8. The van der Waals surface area contributed by atoms with Gasteiger partial charge in [-0.3, -0.25) is 4.79 Å². The molecule has 0 fully saturated rings. The molecule has 2 aromatic carbocycles. The van der Waals surface area contributed by atoms with Crippen LogP contribution in [0.4, 0.5) is 0 Å². The van der Waals surface area contributed by atoms with E-state index in [0.717, 1.165) is 4.70 Å². The fraction of sp³-hybridized carbons (Fsp3) is 0.0667. The van der Waals surface area contributed by atoms with Gasteiger partial charge < -0.3 is 4.74 Å². The van der Waals surface area contributed by atoms with Gasteiger partial charge in [-0.2, -0.15) is 3.36 Å². The first kappa shape index (κ1) is 13.9. The van der Waals surface area contributed by atoms with Crippen molar-refractivity contribution in [3.63, 3.8) is 0 Å². The number of carbonyl (C=O) groups excluding carboxylic acids is 1. The smallest absolute Gasteiger partial charge is 0.339 e. The molecular weight excluding hydrogens is 306 g/mol. The van der Waals surface area contributed by atoms with Crippen molar-refractivity contribution in [3.05, 3.63) is 64.4 Å². The summed E-state index contributed by atoms with van der Waals surface area (Å²) in [5.41, 5.74) is 0.384. The van der Waals surface area contributed by atoms with E-state index in [-0.39, 0.29) is 5.56 Å². The summed E-state index contributed by atoms with van der Waals surface area (Å²) >= 11 is 2.59. The Bertz CT molecular complexity index is 866. The molecule has 0 bridgehead atoms. The molecule has 0 amide bonds. The second-order valence-corrected chi connectivity index (χ2v) is 6.43. The lowest BCUT2D eigenvalue weighted by molar-refractivity contribution is 0.0597. The van der Waals surface area contributed by atoms with E-state index in [2.05, 4.69) is 0 Å². The zero-order valence-electron chi connectivity index (χ0n) is 11.1. The number of esters is 1. The summed E-state index contributed by atoms with van der Waals surface area (Å²) < 4.78 is 7.27. The largest absolute Gasteiger partial charge is 0.465 e. The number of nitrogens with zero attached hydrogens (tertiary/aromatic N) is 1. The Kier molecular flexibility index (Phi) is 3.81. The average molecular weight is 317 g/mol. The molecule has 0 aliphatic carbocycles. The molecule has 0 radical (unpaired) electrons. The van der Waals surface area contributed by atoms with E-state index in [1.807, 2.05) is 24.3 Å². The number of hydrogen-bond donors (Lipinski definition) is 0. The number of hydrogen-bond acceptors (Lipinski definition) is 5. The average Bonchev–Trinajstić information content (AvgIpc) is 2.84. The Morgan fingerprint density at radius 1 is 1.14 bits per heavy atom. The maximum atomic E-state index is 12.3. The molecule has 6 heteroatoms. The summed E-state index contributed by atoms with van der Waals surface area (Å²) in [5, 5.41) is 0.686. The van der Waals surface area contributed by atoms with Crippen LogP contribution in [0, 0.1) is 0 Å². The van der Waals surface area contributed by atoms with Gasteiger partial charge in [0.2, 0.25) is 0 Å². The van der Waals surface area contributed by atoms with Gasteiger partial charge in [0.25, 0.3) is 5.56 Å². The molecule has 106 valence electrons. The van der Waals surface area contributed by atoms with Gasteiger partial charge in [0, 0.05) is 16.8 Å². The van der Waals surface area contributed by atoms with Crippen LogP contribution in [0.2, 0.25) is 0 Å². The van der Waals surface area contributed by atoms with Crippen LogP contribution < -0.4 is 5.56 Å². The maximum Gasteiger partial charge on any atom is 0.339 e. The fourth-order valence-corrected chi connectivity index (χ4v) is 4.06. The monoisotopic (exact) mass is 317 g/mol. The molecule has 0 aliphatic heterocycles. The Labute approximate surface area is 129 Å². The van der Waals surface area contributed by atoms with E-state index in [1.165, 1.54) is 30.6 Å². The number of carbonyl (C=O) groups is 1. The van der Waals surface area contributed by atoms with Crippen molar-refractivity contribution < 1.29 is 9.53 Å². The summed E-state index contributed by atoms with van der Waals surface area (Å²) in [6.07, 6.45) is 0. The number of ether oxygens (including phenoxy) is 1. The molecule has 1 heterocycles. The third-order valence-corrected chi connectivity index (χ3v) is 5.15. The van der Waals surface area contributed by atoms with Crippen LogP contribution in [0.5, 0.6) is 0 Å². The summed E-state index contributed by atoms with van der Waals surface area (Å²) in [6.45, 7) is 0. The molecule has 0 saturated carbocycles. The predicted octanol–water partition coefficient (Wildman–Crippen LogP) is 3.41. The molecule has 0 N–H and O–H groups in total. The van der Waals surface area contributed by atoms with Crippen molar-refractivity contribution in [2.45, 2.75) is 4.90 Å². The molecule has 0 atom stereocenters. The van der Waals surface area contributed by atoms with Crippen LogP contribution in [0.1, 0.15) is 10.4 Å². The van der Waals surface area contributed by atoms with E-state index < -0.39 is 5.97 Å². The standard InChI is InChI=1S/C15H11NO3S2/c1-19-15(18)11-7-3-5-9-13(11)21-16-14(17)10-6-2-4-8-12(10)20-16/h2-9H,1H3. The molecule has 3 rings (SSSR count). The fourth-order valence-electron chi connectivity index (χ4n) is 1.93. The Hall–Kier alpha value is -2.05. The lowest BCUT2D eigenvalue weighted by Crippen LogP contribution is -2.09. The van der Waals surface area contributed by atoms with Gasteiger partial charge in [-0.1, -0.05) is 24.3 Å². The van der Waals surface area contributed by atoms with Gasteiger partial charge in [0.15, 0.2) is 0 Å². The topological polar surface area (TPSA) is 48.3 Å². The minimum atomic E-state index is -0.410. The Balaban J connectivity index is 2.05. The number of methoxy groups -OCH3 is 1. The van der Waals surface area contributed by atoms with Crippen molar-refractivity contribution >= 4 is 39.5 Å². The van der Waals surface area contributed by atoms with Crippen molar-refractivity contribution in [2.75, 3.05) is 7.11 Å². The molecule has 0 aliphatic rings. The van der Waals surface area contributed by atoms with E-state index >= 15 is 0 Å². The third-order valence-electron chi connectivity index (χ3n) is 2.94. The number of fused-ring (bicyclic) bond motifs is 1. The molecule has 4 nitrogen and oxygen atoms in total. The zero-order chi connectivity index (χ0) is 14.8. The number of rotatable bonds is 3. The van der Waals surface area contributed by atoms with Gasteiger partial charge >= 0.3 is 5.97 Å². The molecule has 0 saturated heterocycles. The van der Waals surface area contributed by atoms with Gasteiger partial charge in [0.1, 0.15) is 0 Å². The van der Waals surface area contributed by atoms with Crippen LogP contribution in [0.3, 0.4) is 0 Å². The molecule has 1 aromatic heterocycles. The first-order chi connectivity index (χ1) is 10.2. The van der Waals surface area contributed by atoms with Crippen molar-refractivity contribution in [3.8, 4) is 0 Å². The first-order valence-electron chi connectivity index (χ1n) is 6.17. The second-order valence-electron chi connectivity index (χ2n) is 4.23. The SMILES string of the molecule is COC(=O)c1ccccc1Sn1sc2ccccc2c1=O. The zero-order valence-corrected chi connectivity index (χ0v) is 12.7. The molecule has 21 heavy (non-hydrogen) atoms. The quantitative estimate of drug-likeness (QED) is 0.695. The minimum Gasteiger partial charge on any atom is -0.465 e. The highest BCUT2D eigenvalue weighted by Gasteiger charge is 2.14. The van der Waals surface area contributed by atoms with Crippen LogP contribution in [0.25, 0.3) is 10.1 Å². The summed E-state index contributed by atoms with van der Waals surface area (Å²) in [5.74, 6) is -0.410. The lowest BCUT2D eigenvalue weighted by Gasteiger charge is -2.06. The molecule has 0 unspecified atom stereocenters. The van der Waals surface area contributed by atoms with Crippen LogP contribution >= 0.6 is 23.5 Å². The first-order valence-corrected chi connectivity index (χ1v) is 7.72. The van der Waals surface area contributed by atoms with Crippen molar-refractivity contribution in [1.29, 1.82) is 0 Å². The molecule has 0 spiro atoms. The number of aromatic nitrogens is 1. The summed E-state index contributed by atoms with van der Waals surface area (Å²) in [7, 11) is 1.34. The number of benzene rings is 2. The van der Waals surface area contributed by atoms with Crippen LogP contribution in [0.15, 0.2) is 58.2 Å². The second kappa shape index (κ2) is 5.75. The predicted molar refractivity (Wildman–Crippen MR) is 85.1 cm³/mol. The Morgan fingerprint density at radius 2 is 1.86 bits per heavy atom. The van der Waals surface area contributed by atoms with Gasteiger partial charge in [-0.25, -0.2) is 4.79 Å². The highest BCUT2D eigenvalue weighted by molar-refractivity contribution is 7.99. The lowest BCUT2D eigenvalue weighted by atomic mass is 10.2. The minimum absolute atomic E-state index is 0.0692. The maximum absolute atomic E-state index is 12.3. The summed E-state index contributed by atoms with van der Waals surface area (Å²) in [6, 6.07) is 14.5.